The second kappa shape index (κ2) is 6.04. The summed E-state index contributed by atoms with van der Waals surface area (Å²) in [6, 6.07) is 7.82. The molecule has 0 fully saturated rings. The van der Waals surface area contributed by atoms with Crippen molar-refractivity contribution in [1.29, 1.82) is 0 Å². The SMILES string of the molecule is CCOc1ccc(Nc2cc(NC)ncn2)cc1C. The predicted octanol–water partition coefficient (Wildman–Crippen LogP) is 2.97. The molecule has 0 radical (unpaired) electrons. The Kier molecular flexibility index (Phi) is 4.18. The summed E-state index contributed by atoms with van der Waals surface area (Å²) in [7, 11) is 1.83. The van der Waals surface area contributed by atoms with Crippen LogP contribution < -0.4 is 15.4 Å². The largest absolute Gasteiger partial charge is 0.494 e. The molecule has 1 aromatic carbocycles. The molecule has 5 heteroatoms. The number of nitrogens with zero attached hydrogens (tertiary/aromatic N) is 2. The van der Waals surface area contributed by atoms with Crippen LogP contribution >= 0.6 is 0 Å². The molecule has 5 nitrogen and oxygen atoms in total. The molecule has 0 bridgehead atoms. The van der Waals surface area contributed by atoms with Gasteiger partial charge >= 0.3 is 0 Å². The van der Waals surface area contributed by atoms with Crippen LogP contribution in [0.5, 0.6) is 5.75 Å². The van der Waals surface area contributed by atoms with Crippen molar-refractivity contribution in [3.63, 3.8) is 0 Å². The van der Waals surface area contributed by atoms with E-state index in [0.717, 1.165) is 28.6 Å². The fourth-order valence-corrected chi connectivity index (χ4v) is 1.75. The lowest BCUT2D eigenvalue weighted by Crippen LogP contribution is -1.99. The minimum absolute atomic E-state index is 0.672. The first kappa shape index (κ1) is 13.1. The second-order valence-electron chi connectivity index (χ2n) is 4.08. The molecule has 2 N–H and O–H groups in total. The smallest absolute Gasteiger partial charge is 0.135 e. The highest BCUT2D eigenvalue weighted by Gasteiger charge is 2.02. The molecule has 0 aliphatic rings. The van der Waals surface area contributed by atoms with E-state index in [2.05, 4.69) is 20.6 Å². The minimum Gasteiger partial charge on any atom is -0.494 e. The van der Waals surface area contributed by atoms with Crippen molar-refractivity contribution in [2.24, 2.45) is 0 Å². The van der Waals surface area contributed by atoms with Crippen LogP contribution in [0.2, 0.25) is 0 Å². The molecule has 1 heterocycles. The molecule has 2 aromatic rings. The lowest BCUT2D eigenvalue weighted by molar-refractivity contribution is 0.338. The Morgan fingerprint density at radius 1 is 1.16 bits per heavy atom. The maximum absolute atomic E-state index is 5.51. The maximum Gasteiger partial charge on any atom is 0.135 e. The number of aromatic nitrogens is 2. The zero-order valence-electron chi connectivity index (χ0n) is 11.4. The highest BCUT2D eigenvalue weighted by molar-refractivity contribution is 5.61. The Labute approximate surface area is 113 Å². The van der Waals surface area contributed by atoms with Gasteiger partial charge < -0.3 is 15.4 Å². The number of ether oxygens (including phenoxy) is 1. The molecular formula is C14H18N4O. The lowest BCUT2D eigenvalue weighted by atomic mass is 10.2. The third-order valence-electron chi connectivity index (χ3n) is 2.67. The molecule has 19 heavy (non-hydrogen) atoms. The van der Waals surface area contributed by atoms with Crippen LogP contribution in [0.15, 0.2) is 30.6 Å². The fourth-order valence-electron chi connectivity index (χ4n) is 1.75. The van der Waals surface area contributed by atoms with Gasteiger partial charge in [0.05, 0.1) is 6.61 Å². The maximum atomic E-state index is 5.51. The first-order chi connectivity index (χ1) is 9.22. The highest BCUT2D eigenvalue weighted by atomic mass is 16.5. The van der Waals surface area contributed by atoms with Crippen molar-refractivity contribution in [3.8, 4) is 5.75 Å². The monoisotopic (exact) mass is 258 g/mol. The molecule has 0 saturated heterocycles. The predicted molar refractivity (Wildman–Crippen MR) is 77.2 cm³/mol. The normalized spacial score (nSPS) is 10.1. The van der Waals surface area contributed by atoms with Gasteiger partial charge in [0, 0.05) is 18.8 Å². The molecule has 0 aliphatic heterocycles. The van der Waals surface area contributed by atoms with Gasteiger partial charge in [-0.3, -0.25) is 0 Å². The van der Waals surface area contributed by atoms with Gasteiger partial charge in [-0.05, 0) is 37.6 Å². The quantitative estimate of drug-likeness (QED) is 0.863. The molecular weight excluding hydrogens is 240 g/mol. The van der Waals surface area contributed by atoms with Crippen molar-refractivity contribution >= 4 is 17.3 Å². The molecule has 0 saturated carbocycles. The number of hydrogen-bond acceptors (Lipinski definition) is 5. The van der Waals surface area contributed by atoms with Gasteiger partial charge in [-0.2, -0.15) is 0 Å². The van der Waals surface area contributed by atoms with Gasteiger partial charge in [-0.1, -0.05) is 0 Å². The van der Waals surface area contributed by atoms with E-state index in [0.29, 0.717) is 6.61 Å². The summed E-state index contributed by atoms with van der Waals surface area (Å²) in [5, 5.41) is 6.22. The third kappa shape index (κ3) is 3.34. The Morgan fingerprint density at radius 3 is 2.63 bits per heavy atom. The van der Waals surface area contributed by atoms with Crippen LogP contribution in [-0.2, 0) is 0 Å². The van der Waals surface area contributed by atoms with Crippen LogP contribution in [0.4, 0.5) is 17.3 Å². The first-order valence-electron chi connectivity index (χ1n) is 6.23. The summed E-state index contributed by atoms with van der Waals surface area (Å²) in [6.45, 7) is 4.67. The standard InChI is InChI=1S/C14H18N4O/c1-4-19-12-6-5-11(7-10(12)2)18-14-8-13(15-3)16-9-17-14/h5-9H,4H2,1-3H3,(H2,15,16,17,18). The zero-order chi connectivity index (χ0) is 13.7. The van der Waals surface area contributed by atoms with Crippen LogP contribution in [0.25, 0.3) is 0 Å². The van der Waals surface area contributed by atoms with E-state index >= 15 is 0 Å². The summed E-state index contributed by atoms with van der Waals surface area (Å²) in [5.41, 5.74) is 2.07. The lowest BCUT2D eigenvalue weighted by Gasteiger charge is -2.10. The fraction of sp³-hybridized carbons (Fsp3) is 0.286. The topological polar surface area (TPSA) is 59.1 Å². The average molecular weight is 258 g/mol. The number of aryl methyl sites for hydroxylation is 1. The summed E-state index contributed by atoms with van der Waals surface area (Å²) in [4.78, 5) is 8.25. The second-order valence-corrected chi connectivity index (χ2v) is 4.08. The Balaban J connectivity index is 2.16. The Bertz CT molecular complexity index is 557. The van der Waals surface area contributed by atoms with Gasteiger partial charge in [0.1, 0.15) is 23.7 Å². The van der Waals surface area contributed by atoms with Crippen molar-refractivity contribution < 1.29 is 4.74 Å². The van der Waals surface area contributed by atoms with Crippen LogP contribution in [0, 0.1) is 6.92 Å². The van der Waals surface area contributed by atoms with E-state index in [9.17, 15) is 0 Å². The van der Waals surface area contributed by atoms with E-state index in [1.165, 1.54) is 6.33 Å². The van der Waals surface area contributed by atoms with Crippen LogP contribution in [0.3, 0.4) is 0 Å². The highest BCUT2D eigenvalue weighted by Crippen LogP contribution is 2.24. The minimum atomic E-state index is 0.672. The molecule has 0 atom stereocenters. The Morgan fingerprint density at radius 2 is 1.95 bits per heavy atom. The van der Waals surface area contributed by atoms with E-state index in [-0.39, 0.29) is 0 Å². The molecule has 0 spiro atoms. The summed E-state index contributed by atoms with van der Waals surface area (Å²) in [6.07, 6.45) is 1.52. The van der Waals surface area contributed by atoms with Gasteiger partial charge in [-0.15, -0.1) is 0 Å². The van der Waals surface area contributed by atoms with E-state index in [4.69, 9.17) is 4.74 Å². The molecule has 2 rings (SSSR count). The molecule has 100 valence electrons. The number of benzene rings is 1. The van der Waals surface area contributed by atoms with Gasteiger partial charge in [-0.25, -0.2) is 9.97 Å². The molecule has 0 unspecified atom stereocenters. The average Bonchev–Trinajstić information content (AvgIpc) is 2.42. The number of hydrogen-bond donors (Lipinski definition) is 2. The van der Waals surface area contributed by atoms with Crippen molar-refractivity contribution in [2.75, 3.05) is 24.3 Å². The van der Waals surface area contributed by atoms with Crippen molar-refractivity contribution in [3.05, 3.63) is 36.2 Å². The number of rotatable bonds is 5. The number of anilines is 3. The van der Waals surface area contributed by atoms with Crippen molar-refractivity contribution in [2.45, 2.75) is 13.8 Å². The van der Waals surface area contributed by atoms with Gasteiger partial charge in [0.25, 0.3) is 0 Å². The van der Waals surface area contributed by atoms with Crippen molar-refractivity contribution in [1.82, 2.24) is 9.97 Å². The third-order valence-corrected chi connectivity index (χ3v) is 2.67. The van der Waals surface area contributed by atoms with E-state index in [1.807, 2.05) is 45.2 Å². The van der Waals surface area contributed by atoms with E-state index < -0.39 is 0 Å². The first-order valence-corrected chi connectivity index (χ1v) is 6.23. The molecule has 0 amide bonds. The summed E-state index contributed by atoms with van der Waals surface area (Å²) in [5.74, 6) is 2.44. The Hall–Kier alpha value is -2.30. The van der Waals surface area contributed by atoms with Gasteiger partial charge in [0.15, 0.2) is 0 Å². The van der Waals surface area contributed by atoms with E-state index in [1.54, 1.807) is 0 Å². The molecule has 1 aromatic heterocycles. The molecule has 0 aliphatic carbocycles. The number of nitrogens with one attached hydrogen (secondary N) is 2. The van der Waals surface area contributed by atoms with Crippen LogP contribution in [0.1, 0.15) is 12.5 Å². The summed E-state index contributed by atoms with van der Waals surface area (Å²) < 4.78 is 5.51. The summed E-state index contributed by atoms with van der Waals surface area (Å²) >= 11 is 0. The zero-order valence-corrected chi connectivity index (χ0v) is 11.4. The van der Waals surface area contributed by atoms with Crippen LogP contribution in [-0.4, -0.2) is 23.6 Å². The van der Waals surface area contributed by atoms with Gasteiger partial charge in [0.2, 0.25) is 0 Å².